The average molecular weight is 448 g/mol. The van der Waals surface area contributed by atoms with Crippen LogP contribution < -0.4 is 10.2 Å². The maximum absolute atomic E-state index is 13.6. The van der Waals surface area contributed by atoms with Gasteiger partial charge in [0.15, 0.2) is 0 Å². The number of nitrogens with zero attached hydrogens (tertiary/aromatic N) is 2. The Hall–Kier alpha value is -3.45. The Balaban J connectivity index is 1.75. The molecule has 0 bridgehead atoms. The van der Waals surface area contributed by atoms with E-state index in [1.807, 2.05) is 36.9 Å². The molecule has 2 aromatic carbocycles. The van der Waals surface area contributed by atoms with Gasteiger partial charge in [0.1, 0.15) is 5.70 Å². The van der Waals surface area contributed by atoms with Crippen LogP contribution in [0.1, 0.15) is 38.3 Å². The second-order valence-corrected chi connectivity index (χ2v) is 8.55. The van der Waals surface area contributed by atoms with Crippen molar-refractivity contribution in [2.75, 3.05) is 29.9 Å². The molecule has 2 aromatic rings. The van der Waals surface area contributed by atoms with Crippen LogP contribution in [0.3, 0.4) is 0 Å². The summed E-state index contributed by atoms with van der Waals surface area (Å²) in [7, 11) is 0. The molecule has 172 valence electrons. The maximum atomic E-state index is 13.6. The minimum Gasteiger partial charge on any atom is -0.377 e. The molecule has 0 aromatic heterocycles. The molecule has 0 saturated carbocycles. The van der Waals surface area contributed by atoms with E-state index in [1.165, 1.54) is 17.4 Å². The predicted molar refractivity (Wildman–Crippen MR) is 128 cm³/mol. The maximum Gasteiger partial charge on any atom is 0.278 e. The van der Waals surface area contributed by atoms with E-state index in [1.54, 1.807) is 24.3 Å². The summed E-state index contributed by atoms with van der Waals surface area (Å²) in [6.45, 7) is 6.43. The van der Waals surface area contributed by atoms with Gasteiger partial charge in [0.05, 0.1) is 24.8 Å². The molecule has 0 atom stereocenters. The highest BCUT2D eigenvalue weighted by Gasteiger charge is 2.42. The normalized spacial score (nSPS) is 16.0. The van der Waals surface area contributed by atoms with Crippen LogP contribution in [0.2, 0.25) is 0 Å². The molecule has 0 aliphatic carbocycles. The third-order valence-corrected chi connectivity index (χ3v) is 5.78. The van der Waals surface area contributed by atoms with Gasteiger partial charge in [0, 0.05) is 24.8 Å². The highest BCUT2D eigenvalue weighted by molar-refractivity contribution is 6.36. The van der Waals surface area contributed by atoms with Crippen molar-refractivity contribution >= 4 is 34.7 Å². The molecule has 1 N–H and O–H groups in total. The van der Waals surface area contributed by atoms with Crippen molar-refractivity contribution < 1.29 is 19.1 Å². The summed E-state index contributed by atoms with van der Waals surface area (Å²) in [6, 6.07) is 15.1. The lowest BCUT2D eigenvalue weighted by Crippen LogP contribution is -2.39. The Morgan fingerprint density at radius 1 is 1.06 bits per heavy atom. The zero-order valence-electron chi connectivity index (χ0n) is 19.3. The average Bonchev–Trinajstić information content (AvgIpc) is 3.03. The minimum atomic E-state index is -0.322. The molecule has 0 spiro atoms. The number of amides is 3. The van der Waals surface area contributed by atoms with E-state index in [9.17, 15) is 14.4 Å². The fourth-order valence-electron chi connectivity index (χ4n) is 4.35. The second-order valence-electron chi connectivity index (χ2n) is 8.55. The zero-order chi connectivity index (χ0) is 23.5. The van der Waals surface area contributed by atoms with Crippen molar-refractivity contribution in [1.29, 1.82) is 0 Å². The van der Waals surface area contributed by atoms with Gasteiger partial charge < -0.3 is 15.0 Å². The second kappa shape index (κ2) is 9.58. The number of aryl methyl sites for hydroxylation is 1. The SMILES string of the molecule is CC(=O)Nc1ccc(C2=C(N3CCCc4ccccc43)C(=O)N(CCOC(C)C)C2=O)cc1. The third-order valence-electron chi connectivity index (χ3n) is 5.78. The largest absolute Gasteiger partial charge is 0.377 e. The van der Waals surface area contributed by atoms with E-state index in [4.69, 9.17) is 4.74 Å². The summed E-state index contributed by atoms with van der Waals surface area (Å²) in [5.41, 5.74) is 4.20. The van der Waals surface area contributed by atoms with Crippen molar-refractivity contribution in [2.45, 2.75) is 39.7 Å². The van der Waals surface area contributed by atoms with E-state index in [2.05, 4.69) is 11.4 Å². The van der Waals surface area contributed by atoms with Gasteiger partial charge in [0.25, 0.3) is 11.8 Å². The van der Waals surface area contributed by atoms with Crippen LogP contribution in [-0.4, -0.2) is 48.4 Å². The molecule has 7 heteroatoms. The number of ether oxygens (including phenoxy) is 1. The summed E-state index contributed by atoms with van der Waals surface area (Å²) in [5, 5.41) is 2.73. The number of nitrogens with one attached hydrogen (secondary N) is 1. The highest BCUT2D eigenvalue weighted by Crippen LogP contribution is 2.38. The number of fused-ring (bicyclic) bond motifs is 1. The highest BCUT2D eigenvalue weighted by atomic mass is 16.5. The first-order valence-electron chi connectivity index (χ1n) is 11.3. The lowest BCUT2D eigenvalue weighted by molar-refractivity contribution is -0.138. The van der Waals surface area contributed by atoms with E-state index in [-0.39, 0.29) is 37.0 Å². The number of hydrogen-bond donors (Lipinski definition) is 1. The van der Waals surface area contributed by atoms with E-state index < -0.39 is 0 Å². The number of benzene rings is 2. The molecule has 0 radical (unpaired) electrons. The summed E-state index contributed by atoms with van der Waals surface area (Å²) >= 11 is 0. The van der Waals surface area contributed by atoms with Crippen LogP contribution in [0.15, 0.2) is 54.2 Å². The van der Waals surface area contributed by atoms with Crippen molar-refractivity contribution in [3.05, 3.63) is 65.4 Å². The molecule has 33 heavy (non-hydrogen) atoms. The molecular weight excluding hydrogens is 418 g/mol. The van der Waals surface area contributed by atoms with Gasteiger partial charge >= 0.3 is 0 Å². The van der Waals surface area contributed by atoms with Crippen LogP contribution in [-0.2, 0) is 25.5 Å². The molecule has 2 heterocycles. The number of imide groups is 1. The van der Waals surface area contributed by atoms with Crippen LogP contribution in [0.5, 0.6) is 0 Å². The first-order valence-corrected chi connectivity index (χ1v) is 11.3. The minimum absolute atomic E-state index is 0.0139. The monoisotopic (exact) mass is 447 g/mol. The Morgan fingerprint density at radius 3 is 2.48 bits per heavy atom. The fourth-order valence-corrected chi connectivity index (χ4v) is 4.35. The van der Waals surface area contributed by atoms with Gasteiger partial charge in [-0.3, -0.25) is 19.3 Å². The lowest BCUT2D eigenvalue weighted by atomic mass is 9.98. The molecule has 0 unspecified atom stereocenters. The number of anilines is 2. The molecule has 7 nitrogen and oxygen atoms in total. The number of rotatable bonds is 7. The van der Waals surface area contributed by atoms with Crippen molar-refractivity contribution in [3.63, 3.8) is 0 Å². The van der Waals surface area contributed by atoms with Gasteiger partial charge in [-0.1, -0.05) is 30.3 Å². The van der Waals surface area contributed by atoms with Gasteiger partial charge in [-0.15, -0.1) is 0 Å². The van der Waals surface area contributed by atoms with Gasteiger partial charge in [-0.25, -0.2) is 0 Å². The van der Waals surface area contributed by atoms with Crippen molar-refractivity contribution in [3.8, 4) is 0 Å². The molecular formula is C26H29N3O4. The molecule has 3 amide bonds. The number of carbonyl (C=O) groups excluding carboxylic acids is 3. The van der Waals surface area contributed by atoms with Crippen molar-refractivity contribution in [1.82, 2.24) is 4.90 Å². The van der Waals surface area contributed by atoms with Crippen molar-refractivity contribution in [2.24, 2.45) is 0 Å². The van der Waals surface area contributed by atoms with Crippen LogP contribution in [0.25, 0.3) is 5.57 Å². The number of para-hydroxylation sites is 1. The lowest BCUT2D eigenvalue weighted by Gasteiger charge is -2.32. The van der Waals surface area contributed by atoms with Crippen LogP contribution in [0, 0.1) is 0 Å². The Labute approximate surface area is 194 Å². The molecule has 0 fully saturated rings. The quantitative estimate of drug-likeness (QED) is 0.656. The summed E-state index contributed by atoms with van der Waals surface area (Å²) in [4.78, 5) is 41.7. The van der Waals surface area contributed by atoms with Crippen LogP contribution >= 0.6 is 0 Å². The number of hydrogen-bond acceptors (Lipinski definition) is 5. The molecule has 2 aliphatic heterocycles. The molecule has 0 saturated heterocycles. The standard InChI is InChI=1S/C26H29N3O4/c1-17(2)33-16-15-29-25(31)23(20-10-12-21(13-11-20)27-18(3)30)24(26(29)32)28-14-6-8-19-7-4-5-9-22(19)28/h4-5,7,9-13,17H,6,8,14-16H2,1-3H3,(H,27,30). The van der Waals surface area contributed by atoms with E-state index >= 15 is 0 Å². The molecule has 2 aliphatic rings. The summed E-state index contributed by atoms with van der Waals surface area (Å²) in [6.07, 6.45) is 1.85. The Bertz CT molecular complexity index is 1100. The fraction of sp³-hybridized carbons (Fsp3) is 0.346. The van der Waals surface area contributed by atoms with Gasteiger partial charge in [-0.2, -0.15) is 0 Å². The Morgan fingerprint density at radius 2 is 1.79 bits per heavy atom. The number of carbonyl (C=O) groups is 3. The summed E-state index contributed by atoms with van der Waals surface area (Å²) < 4.78 is 5.61. The van der Waals surface area contributed by atoms with E-state index in [0.29, 0.717) is 29.1 Å². The van der Waals surface area contributed by atoms with Gasteiger partial charge in [0.2, 0.25) is 5.91 Å². The first kappa shape index (κ1) is 22.7. The van der Waals surface area contributed by atoms with E-state index in [0.717, 1.165) is 18.5 Å². The third kappa shape index (κ3) is 4.68. The molecule has 4 rings (SSSR count). The Kier molecular flexibility index (Phi) is 6.60. The topological polar surface area (TPSA) is 79.0 Å². The zero-order valence-corrected chi connectivity index (χ0v) is 19.3. The smallest absolute Gasteiger partial charge is 0.278 e. The van der Waals surface area contributed by atoms with Gasteiger partial charge in [-0.05, 0) is 56.0 Å². The first-order chi connectivity index (χ1) is 15.9. The predicted octanol–water partition coefficient (Wildman–Crippen LogP) is 3.60. The van der Waals surface area contributed by atoms with Crippen LogP contribution in [0.4, 0.5) is 11.4 Å². The summed E-state index contributed by atoms with van der Waals surface area (Å²) in [5.74, 6) is -0.793.